The van der Waals surface area contributed by atoms with E-state index in [9.17, 15) is 9.59 Å². The number of rotatable bonds is 5. The van der Waals surface area contributed by atoms with E-state index in [1.807, 2.05) is 72.8 Å². The van der Waals surface area contributed by atoms with Crippen LogP contribution in [0.15, 0.2) is 99.9 Å². The van der Waals surface area contributed by atoms with Gasteiger partial charge >= 0.3 is 0 Å². The van der Waals surface area contributed by atoms with Crippen molar-refractivity contribution in [3.63, 3.8) is 0 Å². The summed E-state index contributed by atoms with van der Waals surface area (Å²) in [5.74, 6) is 0.385. The molecule has 0 radical (unpaired) electrons. The Labute approximate surface area is 216 Å². The number of thiazole rings is 1. The van der Waals surface area contributed by atoms with E-state index in [1.54, 1.807) is 30.7 Å². The average molecular weight is 516 g/mol. The number of amides is 1. The van der Waals surface area contributed by atoms with Crippen LogP contribution < -0.4 is 24.9 Å². The van der Waals surface area contributed by atoms with Crippen molar-refractivity contribution in [1.29, 1.82) is 0 Å². The maximum absolute atomic E-state index is 13.7. The topological polar surface area (TPSA) is 72.7 Å². The average Bonchev–Trinajstić information content (AvgIpc) is 3.18. The highest BCUT2D eigenvalue weighted by Gasteiger charge is 2.32. The Morgan fingerprint density at radius 3 is 2.56 bits per heavy atom. The summed E-state index contributed by atoms with van der Waals surface area (Å²) in [6.07, 6.45) is 1.81. The number of allylic oxidation sites excluding steroid dienone is 1. The number of halogens is 1. The largest absolute Gasteiger partial charge is 0.497 e. The summed E-state index contributed by atoms with van der Waals surface area (Å²) in [4.78, 5) is 32.5. The van der Waals surface area contributed by atoms with E-state index in [1.165, 1.54) is 11.3 Å². The van der Waals surface area contributed by atoms with Gasteiger partial charge in [-0.05, 0) is 60.5 Å². The van der Waals surface area contributed by atoms with Crippen LogP contribution in [-0.4, -0.2) is 17.6 Å². The van der Waals surface area contributed by atoms with Crippen molar-refractivity contribution < 1.29 is 9.53 Å². The van der Waals surface area contributed by atoms with Crippen LogP contribution in [0.1, 0.15) is 24.1 Å². The first kappa shape index (κ1) is 23.8. The molecule has 5 rings (SSSR count). The normalized spacial score (nSPS) is 15.3. The second-order valence-corrected chi connectivity index (χ2v) is 9.68. The maximum atomic E-state index is 13.7. The number of carbonyl (C=O) groups excluding carboxylic acids is 1. The highest BCUT2D eigenvalue weighted by atomic mass is 35.5. The van der Waals surface area contributed by atoms with Gasteiger partial charge in [0.2, 0.25) is 0 Å². The van der Waals surface area contributed by atoms with Gasteiger partial charge in [-0.15, -0.1) is 0 Å². The number of hydrogen-bond acceptors (Lipinski definition) is 5. The van der Waals surface area contributed by atoms with E-state index in [4.69, 9.17) is 16.3 Å². The number of carbonyl (C=O) groups is 1. The van der Waals surface area contributed by atoms with E-state index in [0.29, 0.717) is 37.1 Å². The number of hydrogen-bond donors (Lipinski definition) is 1. The number of methoxy groups -OCH3 is 1. The summed E-state index contributed by atoms with van der Waals surface area (Å²) in [6.45, 7) is 1.79. The molecule has 0 fully saturated rings. The zero-order chi connectivity index (χ0) is 25.2. The molecule has 2 heterocycles. The number of nitrogens with zero attached hydrogens (tertiary/aromatic N) is 2. The molecular weight excluding hydrogens is 494 g/mol. The molecule has 1 aliphatic heterocycles. The summed E-state index contributed by atoms with van der Waals surface area (Å²) in [6, 6.07) is 23.2. The smallest absolute Gasteiger partial charge is 0.271 e. The Balaban J connectivity index is 1.67. The zero-order valence-corrected chi connectivity index (χ0v) is 21.1. The van der Waals surface area contributed by atoms with Crippen molar-refractivity contribution in [2.75, 3.05) is 12.4 Å². The fourth-order valence-corrected chi connectivity index (χ4v) is 5.35. The van der Waals surface area contributed by atoms with Crippen LogP contribution in [0.4, 0.5) is 5.69 Å². The van der Waals surface area contributed by atoms with Gasteiger partial charge in [-0.25, -0.2) is 4.99 Å². The van der Waals surface area contributed by atoms with E-state index in [0.717, 1.165) is 11.1 Å². The fourth-order valence-electron chi connectivity index (χ4n) is 4.17. The number of ether oxygens (including phenoxy) is 1. The molecule has 0 bridgehead atoms. The van der Waals surface area contributed by atoms with Crippen molar-refractivity contribution in [3.8, 4) is 5.75 Å². The van der Waals surface area contributed by atoms with Crippen LogP contribution in [0.25, 0.3) is 6.08 Å². The molecule has 0 aliphatic carbocycles. The summed E-state index contributed by atoms with van der Waals surface area (Å²) in [5.41, 5.74) is 2.99. The second-order valence-electron chi connectivity index (χ2n) is 8.23. The lowest BCUT2D eigenvalue weighted by Gasteiger charge is -2.25. The molecule has 0 saturated carbocycles. The van der Waals surface area contributed by atoms with Crippen molar-refractivity contribution in [1.82, 2.24) is 4.57 Å². The first-order chi connectivity index (χ1) is 17.4. The molecule has 36 heavy (non-hydrogen) atoms. The van der Waals surface area contributed by atoms with Gasteiger partial charge in [0.15, 0.2) is 4.80 Å². The van der Waals surface area contributed by atoms with E-state index >= 15 is 0 Å². The van der Waals surface area contributed by atoms with Gasteiger partial charge < -0.3 is 10.1 Å². The molecule has 1 aliphatic rings. The van der Waals surface area contributed by atoms with E-state index in [2.05, 4.69) is 10.3 Å². The van der Waals surface area contributed by atoms with Crippen LogP contribution in [0, 0.1) is 0 Å². The molecule has 1 N–H and O–H groups in total. The monoisotopic (exact) mass is 515 g/mol. The van der Waals surface area contributed by atoms with Crippen LogP contribution in [-0.2, 0) is 4.79 Å². The minimum absolute atomic E-state index is 0.223. The van der Waals surface area contributed by atoms with E-state index in [-0.39, 0.29) is 11.5 Å². The second kappa shape index (κ2) is 9.97. The molecule has 4 aromatic rings. The minimum Gasteiger partial charge on any atom is -0.497 e. The molecule has 180 valence electrons. The highest BCUT2D eigenvalue weighted by Crippen LogP contribution is 2.31. The van der Waals surface area contributed by atoms with Crippen molar-refractivity contribution >= 4 is 40.6 Å². The van der Waals surface area contributed by atoms with Gasteiger partial charge in [0.1, 0.15) is 5.75 Å². The molecule has 3 aromatic carbocycles. The number of fused-ring (bicyclic) bond motifs is 1. The lowest BCUT2D eigenvalue weighted by molar-refractivity contribution is -0.113. The van der Waals surface area contributed by atoms with Crippen LogP contribution in [0.2, 0.25) is 5.02 Å². The van der Waals surface area contributed by atoms with Gasteiger partial charge in [0, 0.05) is 10.7 Å². The predicted octanol–water partition coefficient (Wildman–Crippen LogP) is 4.54. The lowest BCUT2D eigenvalue weighted by Crippen LogP contribution is -2.40. The first-order valence-corrected chi connectivity index (χ1v) is 12.4. The van der Waals surface area contributed by atoms with Gasteiger partial charge in [0.05, 0.1) is 29.0 Å². The minimum atomic E-state index is -0.658. The third-order valence-electron chi connectivity index (χ3n) is 5.88. The quantitative estimate of drug-likeness (QED) is 0.424. The molecule has 6 nitrogen and oxygen atoms in total. The maximum Gasteiger partial charge on any atom is 0.271 e. The number of para-hydroxylation sites is 1. The number of aromatic nitrogens is 1. The highest BCUT2D eigenvalue weighted by molar-refractivity contribution is 7.07. The molecule has 0 saturated heterocycles. The van der Waals surface area contributed by atoms with Crippen LogP contribution >= 0.6 is 22.9 Å². The van der Waals surface area contributed by atoms with Gasteiger partial charge in [0.25, 0.3) is 11.5 Å². The molecular formula is C28H22ClN3O3S. The number of benzene rings is 3. The van der Waals surface area contributed by atoms with Crippen molar-refractivity contribution in [3.05, 3.63) is 126 Å². The Kier molecular flexibility index (Phi) is 6.59. The van der Waals surface area contributed by atoms with Gasteiger partial charge in [-0.3, -0.25) is 14.2 Å². The third kappa shape index (κ3) is 4.63. The van der Waals surface area contributed by atoms with E-state index < -0.39 is 6.04 Å². The third-order valence-corrected chi connectivity index (χ3v) is 7.11. The van der Waals surface area contributed by atoms with Crippen molar-refractivity contribution in [2.24, 2.45) is 4.99 Å². The predicted molar refractivity (Wildman–Crippen MR) is 143 cm³/mol. The lowest BCUT2D eigenvalue weighted by atomic mass is 9.95. The molecule has 0 spiro atoms. The Hall–Kier alpha value is -3.94. The molecule has 1 aromatic heterocycles. The fraction of sp³-hybridized carbons (Fsp3) is 0.107. The van der Waals surface area contributed by atoms with Crippen LogP contribution in [0.3, 0.4) is 0 Å². The van der Waals surface area contributed by atoms with Gasteiger partial charge in [-0.1, -0.05) is 65.4 Å². The molecule has 1 atom stereocenters. The Morgan fingerprint density at radius 1 is 1.08 bits per heavy atom. The number of nitrogens with one attached hydrogen (secondary N) is 1. The molecule has 8 heteroatoms. The Morgan fingerprint density at radius 2 is 1.83 bits per heavy atom. The molecule has 1 amide bonds. The standard InChI is InChI=1S/C28H22ClN3O3S/c1-17-24(26(33)31-21-8-4-3-5-9-21)25(19-11-13-20(29)14-12-19)32-27(34)23(36-28(32)30-17)16-18-7-6-10-22(15-18)35-2/h3-16,25H,1-2H3,(H,31,33)/b23-16+/t25-/m0/s1. The summed E-state index contributed by atoms with van der Waals surface area (Å²) >= 11 is 7.43. The van der Waals surface area contributed by atoms with Gasteiger partial charge in [-0.2, -0.15) is 0 Å². The number of anilines is 1. The summed E-state index contributed by atoms with van der Waals surface area (Å²) < 4.78 is 7.41. The van der Waals surface area contributed by atoms with Crippen molar-refractivity contribution in [2.45, 2.75) is 13.0 Å². The molecule has 0 unspecified atom stereocenters. The summed E-state index contributed by atoms with van der Waals surface area (Å²) in [5, 5.41) is 3.52. The Bertz CT molecular complexity index is 1650. The SMILES string of the molecule is COc1cccc(/C=c2/sc3n(c2=O)[C@@H](c2ccc(Cl)cc2)C(C(=O)Nc2ccccc2)=C(C)N=3)c1. The van der Waals surface area contributed by atoms with Crippen LogP contribution in [0.5, 0.6) is 5.75 Å². The first-order valence-electron chi connectivity index (χ1n) is 11.2. The zero-order valence-electron chi connectivity index (χ0n) is 19.6. The summed E-state index contributed by atoms with van der Waals surface area (Å²) in [7, 11) is 1.60.